The van der Waals surface area contributed by atoms with E-state index >= 15 is 0 Å². The SMILES string of the molecule is CN1CCN(Cc2ccc(C(C)(C)O)cc2)CC1. The maximum atomic E-state index is 9.91. The third kappa shape index (κ3) is 3.55. The van der Waals surface area contributed by atoms with E-state index in [0.717, 1.165) is 38.3 Å². The summed E-state index contributed by atoms with van der Waals surface area (Å²) in [6, 6.07) is 8.33. The van der Waals surface area contributed by atoms with Crippen molar-refractivity contribution in [3.05, 3.63) is 35.4 Å². The maximum Gasteiger partial charge on any atom is 0.0840 e. The van der Waals surface area contributed by atoms with Crippen molar-refractivity contribution in [2.24, 2.45) is 0 Å². The smallest absolute Gasteiger partial charge is 0.0840 e. The average Bonchev–Trinajstić information content (AvgIpc) is 2.32. The Morgan fingerprint density at radius 1 is 1.06 bits per heavy atom. The summed E-state index contributed by atoms with van der Waals surface area (Å²) in [6.07, 6.45) is 0. The number of rotatable bonds is 3. The van der Waals surface area contributed by atoms with Gasteiger partial charge >= 0.3 is 0 Å². The minimum atomic E-state index is -0.744. The quantitative estimate of drug-likeness (QED) is 0.881. The van der Waals surface area contributed by atoms with Crippen LogP contribution in [0.4, 0.5) is 0 Å². The zero-order valence-electron chi connectivity index (χ0n) is 11.7. The Balaban J connectivity index is 1.94. The summed E-state index contributed by atoms with van der Waals surface area (Å²) in [4.78, 5) is 4.85. The fraction of sp³-hybridized carbons (Fsp3) is 0.600. The monoisotopic (exact) mass is 248 g/mol. The molecule has 1 aliphatic rings. The van der Waals surface area contributed by atoms with Gasteiger partial charge in [-0.2, -0.15) is 0 Å². The van der Waals surface area contributed by atoms with Crippen LogP contribution < -0.4 is 0 Å². The number of hydrogen-bond donors (Lipinski definition) is 1. The first-order valence-corrected chi connectivity index (χ1v) is 6.68. The van der Waals surface area contributed by atoms with Crippen LogP contribution in [0.1, 0.15) is 25.0 Å². The molecule has 0 bridgehead atoms. The molecule has 0 saturated carbocycles. The summed E-state index contributed by atoms with van der Waals surface area (Å²) in [5.41, 5.74) is 1.56. The Morgan fingerprint density at radius 3 is 2.11 bits per heavy atom. The lowest BCUT2D eigenvalue weighted by atomic mass is 9.97. The molecule has 2 rings (SSSR count). The van der Waals surface area contributed by atoms with Crippen molar-refractivity contribution in [3.8, 4) is 0 Å². The van der Waals surface area contributed by atoms with E-state index in [4.69, 9.17) is 0 Å². The van der Waals surface area contributed by atoms with Crippen molar-refractivity contribution >= 4 is 0 Å². The van der Waals surface area contributed by atoms with Gasteiger partial charge in [-0.15, -0.1) is 0 Å². The van der Waals surface area contributed by atoms with Gasteiger partial charge in [0.1, 0.15) is 0 Å². The molecule has 1 aromatic rings. The van der Waals surface area contributed by atoms with Crippen LogP contribution in [0.5, 0.6) is 0 Å². The molecule has 1 N–H and O–H groups in total. The first-order valence-electron chi connectivity index (χ1n) is 6.68. The summed E-state index contributed by atoms with van der Waals surface area (Å²) >= 11 is 0. The van der Waals surface area contributed by atoms with Crippen LogP contribution in [-0.2, 0) is 12.1 Å². The van der Waals surface area contributed by atoms with Crippen LogP contribution in [0, 0.1) is 0 Å². The van der Waals surface area contributed by atoms with Gasteiger partial charge in [0, 0.05) is 32.7 Å². The maximum absolute atomic E-state index is 9.91. The van der Waals surface area contributed by atoms with Crippen LogP contribution in [0.2, 0.25) is 0 Å². The van der Waals surface area contributed by atoms with Crippen LogP contribution in [-0.4, -0.2) is 48.1 Å². The van der Waals surface area contributed by atoms with Crippen molar-refractivity contribution in [1.82, 2.24) is 9.80 Å². The second-order valence-electron chi connectivity index (χ2n) is 5.84. The molecule has 3 nitrogen and oxygen atoms in total. The highest BCUT2D eigenvalue weighted by molar-refractivity contribution is 5.26. The highest BCUT2D eigenvalue weighted by atomic mass is 16.3. The van der Waals surface area contributed by atoms with E-state index in [0.29, 0.717) is 0 Å². The number of nitrogens with zero attached hydrogens (tertiary/aromatic N) is 2. The Kier molecular flexibility index (Phi) is 4.05. The lowest BCUT2D eigenvalue weighted by Crippen LogP contribution is -2.43. The highest BCUT2D eigenvalue weighted by Gasteiger charge is 2.16. The molecule has 0 aliphatic carbocycles. The second kappa shape index (κ2) is 5.39. The summed E-state index contributed by atoms with van der Waals surface area (Å²) in [5.74, 6) is 0. The molecular weight excluding hydrogens is 224 g/mol. The van der Waals surface area contributed by atoms with Crippen LogP contribution in [0.25, 0.3) is 0 Å². The molecule has 1 aliphatic heterocycles. The molecule has 0 aromatic heterocycles. The van der Waals surface area contributed by atoms with E-state index in [1.165, 1.54) is 5.56 Å². The van der Waals surface area contributed by atoms with Crippen molar-refractivity contribution in [2.75, 3.05) is 33.2 Å². The van der Waals surface area contributed by atoms with E-state index in [1.807, 2.05) is 26.0 Å². The first-order chi connectivity index (χ1) is 8.45. The number of piperazine rings is 1. The molecule has 1 aromatic carbocycles. The molecule has 3 heteroatoms. The summed E-state index contributed by atoms with van der Waals surface area (Å²) in [6.45, 7) is 9.25. The van der Waals surface area contributed by atoms with Crippen LogP contribution >= 0.6 is 0 Å². The molecule has 0 amide bonds. The van der Waals surface area contributed by atoms with Gasteiger partial charge in [-0.25, -0.2) is 0 Å². The number of aliphatic hydroxyl groups is 1. The first kappa shape index (κ1) is 13.5. The minimum Gasteiger partial charge on any atom is -0.386 e. The van der Waals surface area contributed by atoms with E-state index in [-0.39, 0.29) is 0 Å². The molecule has 0 spiro atoms. The Labute approximate surface area is 110 Å². The average molecular weight is 248 g/mol. The predicted molar refractivity (Wildman–Crippen MR) is 74.5 cm³/mol. The van der Waals surface area contributed by atoms with Gasteiger partial charge in [-0.1, -0.05) is 24.3 Å². The van der Waals surface area contributed by atoms with Crippen LogP contribution in [0.3, 0.4) is 0 Å². The lowest BCUT2D eigenvalue weighted by molar-refractivity contribution is 0.0785. The van der Waals surface area contributed by atoms with Crippen molar-refractivity contribution in [1.29, 1.82) is 0 Å². The van der Waals surface area contributed by atoms with Gasteiger partial charge in [-0.3, -0.25) is 4.90 Å². The predicted octanol–water partition coefficient (Wildman–Crippen LogP) is 1.66. The topological polar surface area (TPSA) is 26.7 Å². The van der Waals surface area contributed by atoms with Gasteiger partial charge in [-0.05, 0) is 32.0 Å². The standard InChI is InChI=1S/C15H24N2O/c1-15(2,18)14-6-4-13(5-7-14)12-17-10-8-16(3)9-11-17/h4-7,18H,8-12H2,1-3H3. The molecular formula is C15H24N2O. The van der Waals surface area contributed by atoms with Gasteiger partial charge in [0.15, 0.2) is 0 Å². The number of benzene rings is 1. The molecule has 1 fully saturated rings. The van der Waals surface area contributed by atoms with Gasteiger partial charge in [0.25, 0.3) is 0 Å². The molecule has 0 unspecified atom stereocenters. The minimum absolute atomic E-state index is 0.744. The lowest BCUT2D eigenvalue weighted by Gasteiger charge is -2.32. The summed E-state index contributed by atoms with van der Waals surface area (Å²) in [7, 11) is 2.18. The Hall–Kier alpha value is -0.900. The third-order valence-corrected chi connectivity index (χ3v) is 3.66. The third-order valence-electron chi connectivity index (χ3n) is 3.66. The Bertz CT molecular complexity index is 372. The zero-order chi connectivity index (χ0) is 13.2. The second-order valence-corrected chi connectivity index (χ2v) is 5.84. The Morgan fingerprint density at radius 2 is 1.61 bits per heavy atom. The van der Waals surface area contributed by atoms with Crippen molar-refractivity contribution in [2.45, 2.75) is 26.0 Å². The van der Waals surface area contributed by atoms with Crippen molar-refractivity contribution in [3.63, 3.8) is 0 Å². The van der Waals surface area contributed by atoms with Gasteiger partial charge in [0.2, 0.25) is 0 Å². The zero-order valence-corrected chi connectivity index (χ0v) is 11.7. The normalized spacial score (nSPS) is 19.1. The molecule has 0 radical (unpaired) electrons. The van der Waals surface area contributed by atoms with E-state index < -0.39 is 5.60 Å². The van der Waals surface area contributed by atoms with E-state index in [1.54, 1.807) is 0 Å². The molecule has 100 valence electrons. The van der Waals surface area contributed by atoms with Crippen molar-refractivity contribution < 1.29 is 5.11 Å². The van der Waals surface area contributed by atoms with Gasteiger partial charge in [0.05, 0.1) is 5.60 Å². The van der Waals surface area contributed by atoms with Crippen LogP contribution in [0.15, 0.2) is 24.3 Å². The molecule has 18 heavy (non-hydrogen) atoms. The number of hydrogen-bond acceptors (Lipinski definition) is 3. The summed E-state index contributed by atoms with van der Waals surface area (Å²) in [5, 5.41) is 9.91. The van der Waals surface area contributed by atoms with E-state index in [9.17, 15) is 5.11 Å². The largest absolute Gasteiger partial charge is 0.386 e. The molecule has 1 heterocycles. The van der Waals surface area contributed by atoms with Gasteiger partial charge < -0.3 is 10.0 Å². The molecule has 0 atom stereocenters. The van der Waals surface area contributed by atoms with E-state index in [2.05, 4.69) is 29.0 Å². The number of likely N-dealkylation sites (N-methyl/N-ethyl adjacent to an activating group) is 1. The highest BCUT2D eigenvalue weighted by Crippen LogP contribution is 2.20. The molecule has 1 saturated heterocycles. The fourth-order valence-electron chi connectivity index (χ4n) is 2.28. The summed E-state index contributed by atoms with van der Waals surface area (Å²) < 4.78 is 0. The fourth-order valence-corrected chi connectivity index (χ4v) is 2.28.